The van der Waals surface area contributed by atoms with Crippen LogP contribution in [0.25, 0.3) is 0 Å². The van der Waals surface area contributed by atoms with Crippen molar-refractivity contribution in [1.82, 2.24) is 19.2 Å². The average Bonchev–Trinajstić information content (AvgIpc) is 2.83. The van der Waals surface area contributed by atoms with Crippen LogP contribution in [0.1, 0.15) is 17.6 Å². The maximum Gasteiger partial charge on any atom is 0.210 e. The van der Waals surface area contributed by atoms with Gasteiger partial charge in [0.1, 0.15) is 0 Å². The molecule has 0 bridgehead atoms. The number of aromatic nitrogens is 4. The summed E-state index contributed by atoms with van der Waals surface area (Å²) in [7, 11) is 0. The molecule has 0 aliphatic carbocycles. The van der Waals surface area contributed by atoms with E-state index in [2.05, 4.69) is 30.5 Å². The summed E-state index contributed by atoms with van der Waals surface area (Å²) in [6.45, 7) is 2.00. The van der Waals surface area contributed by atoms with Crippen LogP contribution in [0, 0.1) is 0 Å². The molecule has 86 valence electrons. The van der Waals surface area contributed by atoms with Crippen LogP contribution in [0.15, 0.2) is 15.8 Å². The van der Waals surface area contributed by atoms with Gasteiger partial charge in [-0.2, -0.15) is 4.37 Å². The fourth-order valence-corrected chi connectivity index (χ4v) is 3.48. The van der Waals surface area contributed by atoms with Crippen molar-refractivity contribution in [3.63, 3.8) is 0 Å². The molecule has 2 aromatic rings. The zero-order valence-electron chi connectivity index (χ0n) is 8.55. The van der Waals surface area contributed by atoms with Gasteiger partial charge in [0.25, 0.3) is 0 Å². The van der Waals surface area contributed by atoms with Crippen molar-refractivity contribution >= 4 is 39.2 Å². The summed E-state index contributed by atoms with van der Waals surface area (Å²) in [5.41, 5.74) is 0. The van der Waals surface area contributed by atoms with Gasteiger partial charge in [-0.05, 0) is 27.5 Å². The minimum atomic E-state index is 0.733. The molecule has 2 rings (SSSR count). The summed E-state index contributed by atoms with van der Waals surface area (Å²) in [5.74, 6) is 7.43. The van der Waals surface area contributed by atoms with Crippen molar-refractivity contribution in [2.75, 3.05) is 5.84 Å². The Labute approximate surface area is 110 Å². The Balaban J connectivity index is 2.05. The van der Waals surface area contributed by atoms with E-state index in [0.717, 1.165) is 27.6 Å². The second-order valence-corrected chi connectivity index (χ2v) is 5.69. The molecule has 0 saturated carbocycles. The Morgan fingerprint density at radius 1 is 1.56 bits per heavy atom. The zero-order valence-corrected chi connectivity index (χ0v) is 11.8. The third-order valence-corrected chi connectivity index (χ3v) is 4.87. The number of aryl methyl sites for hydroxylation is 1. The summed E-state index contributed by atoms with van der Waals surface area (Å²) >= 11 is 6.47. The summed E-state index contributed by atoms with van der Waals surface area (Å²) in [4.78, 5) is 1.17. The Morgan fingerprint density at radius 2 is 2.38 bits per heavy atom. The predicted octanol–water partition coefficient (Wildman–Crippen LogP) is 2.07. The molecular formula is C8H10BrN5S2. The van der Waals surface area contributed by atoms with Crippen molar-refractivity contribution in [3.8, 4) is 0 Å². The van der Waals surface area contributed by atoms with E-state index in [0.29, 0.717) is 0 Å². The molecule has 16 heavy (non-hydrogen) atoms. The highest BCUT2D eigenvalue weighted by atomic mass is 79.9. The zero-order chi connectivity index (χ0) is 11.5. The number of rotatable bonds is 4. The van der Waals surface area contributed by atoms with Crippen LogP contribution in [-0.4, -0.2) is 19.2 Å². The Hall–Kier alpha value is -0.600. The number of thioether (sulfide) groups is 1. The highest BCUT2D eigenvalue weighted by Gasteiger charge is 2.10. The van der Waals surface area contributed by atoms with Crippen molar-refractivity contribution in [3.05, 3.63) is 21.4 Å². The molecule has 0 saturated heterocycles. The van der Waals surface area contributed by atoms with Gasteiger partial charge in [-0.3, -0.25) is 0 Å². The first-order valence-electron chi connectivity index (χ1n) is 4.63. The summed E-state index contributed by atoms with van der Waals surface area (Å²) in [5, 5.41) is 8.77. The summed E-state index contributed by atoms with van der Waals surface area (Å²) in [6.07, 6.45) is 2.58. The average molecular weight is 320 g/mol. The molecule has 8 heteroatoms. The molecule has 0 amide bonds. The van der Waals surface area contributed by atoms with Crippen LogP contribution in [-0.2, 0) is 12.2 Å². The quantitative estimate of drug-likeness (QED) is 0.690. The van der Waals surface area contributed by atoms with Crippen LogP contribution < -0.4 is 5.84 Å². The SMILES string of the molecule is CCc1nnc(SCc2sncc2Br)n1N. The highest BCUT2D eigenvalue weighted by molar-refractivity contribution is 9.10. The van der Waals surface area contributed by atoms with Gasteiger partial charge in [-0.15, -0.1) is 10.2 Å². The molecule has 2 N–H and O–H groups in total. The second kappa shape index (κ2) is 5.15. The lowest BCUT2D eigenvalue weighted by atomic mass is 10.5. The lowest BCUT2D eigenvalue weighted by molar-refractivity contribution is 0.796. The Bertz CT molecular complexity index is 480. The monoisotopic (exact) mass is 319 g/mol. The van der Waals surface area contributed by atoms with E-state index in [4.69, 9.17) is 5.84 Å². The largest absolute Gasteiger partial charge is 0.336 e. The van der Waals surface area contributed by atoms with E-state index >= 15 is 0 Å². The number of halogens is 1. The lowest BCUT2D eigenvalue weighted by Crippen LogP contribution is -2.13. The van der Waals surface area contributed by atoms with Gasteiger partial charge < -0.3 is 5.84 Å². The van der Waals surface area contributed by atoms with Gasteiger partial charge in [-0.1, -0.05) is 18.7 Å². The first-order chi connectivity index (χ1) is 7.72. The maximum atomic E-state index is 5.84. The molecular weight excluding hydrogens is 310 g/mol. The number of hydrogen-bond donors (Lipinski definition) is 1. The molecule has 0 unspecified atom stereocenters. The van der Waals surface area contributed by atoms with Crippen molar-refractivity contribution in [1.29, 1.82) is 0 Å². The Morgan fingerprint density at radius 3 is 2.94 bits per heavy atom. The van der Waals surface area contributed by atoms with Gasteiger partial charge in [0.05, 0.1) is 10.7 Å². The molecule has 0 spiro atoms. The fraction of sp³-hybridized carbons (Fsp3) is 0.375. The van der Waals surface area contributed by atoms with Crippen LogP contribution in [0.3, 0.4) is 0 Å². The van der Waals surface area contributed by atoms with Gasteiger partial charge >= 0.3 is 0 Å². The van der Waals surface area contributed by atoms with Gasteiger partial charge in [0.2, 0.25) is 5.16 Å². The van der Waals surface area contributed by atoms with Crippen LogP contribution in [0.4, 0.5) is 0 Å². The van der Waals surface area contributed by atoms with E-state index < -0.39 is 0 Å². The number of nitrogen functional groups attached to an aromatic ring is 1. The molecule has 0 aromatic carbocycles. The minimum Gasteiger partial charge on any atom is -0.336 e. The van der Waals surface area contributed by atoms with Crippen molar-refractivity contribution in [2.24, 2.45) is 0 Å². The van der Waals surface area contributed by atoms with Crippen LogP contribution >= 0.6 is 39.2 Å². The van der Waals surface area contributed by atoms with E-state index in [1.165, 1.54) is 16.4 Å². The number of nitrogens with two attached hydrogens (primary N) is 1. The Kier molecular flexibility index (Phi) is 3.82. The summed E-state index contributed by atoms with van der Waals surface area (Å²) in [6, 6.07) is 0. The van der Waals surface area contributed by atoms with Crippen LogP contribution in [0.2, 0.25) is 0 Å². The van der Waals surface area contributed by atoms with E-state index in [-0.39, 0.29) is 0 Å². The van der Waals surface area contributed by atoms with Crippen molar-refractivity contribution in [2.45, 2.75) is 24.3 Å². The molecule has 2 aromatic heterocycles. The lowest BCUT2D eigenvalue weighted by Gasteiger charge is -2.00. The van der Waals surface area contributed by atoms with Gasteiger partial charge in [-0.25, -0.2) is 4.68 Å². The molecule has 0 radical (unpaired) electrons. The number of hydrogen-bond acceptors (Lipinski definition) is 6. The summed E-state index contributed by atoms with van der Waals surface area (Å²) < 4.78 is 6.66. The van der Waals surface area contributed by atoms with Crippen LogP contribution in [0.5, 0.6) is 0 Å². The molecule has 2 heterocycles. The maximum absolute atomic E-state index is 5.84. The highest BCUT2D eigenvalue weighted by Crippen LogP contribution is 2.27. The molecule has 0 atom stereocenters. The van der Waals surface area contributed by atoms with E-state index in [1.54, 1.807) is 22.6 Å². The first kappa shape index (κ1) is 11.9. The third kappa shape index (κ3) is 2.38. The fourth-order valence-electron chi connectivity index (χ4n) is 1.12. The molecule has 5 nitrogen and oxygen atoms in total. The van der Waals surface area contributed by atoms with Gasteiger partial charge in [0, 0.05) is 17.1 Å². The standard InChI is InChI=1S/C8H10BrN5S2/c1-2-7-12-13-8(14(7)10)15-4-6-5(9)3-11-16-6/h3H,2,4,10H2,1H3. The second-order valence-electron chi connectivity index (χ2n) is 3.01. The minimum absolute atomic E-state index is 0.733. The molecule has 0 aliphatic heterocycles. The van der Waals surface area contributed by atoms with Gasteiger partial charge in [0.15, 0.2) is 5.82 Å². The normalized spacial score (nSPS) is 10.9. The third-order valence-electron chi connectivity index (χ3n) is 1.98. The topological polar surface area (TPSA) is 69.6 Å². The van der Waals surface area contributed by atoms with Crippen molar-refractivity contribution < 1.29 is 0 Å². The predicted molar refractivity (Wildman–Crippen MR) is 68.9 cm³/mol. The molecule has 0 fully saturated rings. The number of nitrogens with zero attached hydrogens (tertiary/aromatic N) is 4. The van der Waals surface area contributed by atoms with E-state index in [1.807, 2.05) is 6.92 Å². The first-order valence-corrected chi connectivity index (χ1v) is 7.18. The molecule has 0 aliphatic rings. The van der Waals surface area contributed by atoms with E-state index in [9.17, 15) is 0 Å². The smallest absolute Gasteiger partial charge is 0.210 e.